The topological polar surface area (TPSA) is 107 Å². The third-order valence-corrected chi connectivity index (χ3v) is 3.75. The highest BCUT2D eigenvalue weighted by molar-refractivity contribution is 5.97. The number of benzene rings is 1. The molecule has 0 bridgehead atoms. The molecule has 1 unspecified atom stereocenters. The van der Waals surface area contributed by atoms with Crippen molar-refractivity contribution in [3.63, 3.8) is 0 Å². The number of aliphatic carboxylic acids is 1. The number of likely N-dealkylation sites (N-methyl/N-ethyl adjacent to an activating group) is 1. The highest BCUT2D eigenvalue weighted by Crippen LogP contribution is 2.15. The Morgan fingerprint density at radius 3 is 2.39 bits per heavy atom. The Balaban J connectivity index is 0.000000892. The summed E-state index contributed by atoms with van der Waals surface area (Å²) in [6.45, 7) is 1.81. The first kappa shape index (κ1) is 22.6. The van der Waals surface area contributed by atoms with Gasteiger partial charge in [0.25, 0.3) is 0 Å². The molecule has 0 saturated heterocycles. The molecule has 1 aliphatic rings. The molecule has 0 amide bonds. The van der Waals surface area contributed by atoms with Crippen molar-refractivity contribution in [1.29, 1.82) is 5.26 Å². The van der Waals surface area contributed by atoms with Crippen molar-refractivity contribution in [2.24, 2.45) is 0 Å². The standard InChI is InChI=1S/C18H21N4O2.C2H4O2/c1-21(2)17-6-4-15(5-7-17)12-16(13-19)18(23)24-11-10-22(3)9-8-20-14-22;1-2(3)4/h4-9,12,14H,10-11H2,1-3H3;1H3,(H,3,4)/q+1;/b16-12+;. The molecule has 1 aliphatic heterocycles. The van der Waals surface area contributed by atoms with E-state index >= 15 is 0 Å². The Labute approximate surface area is 164 Å². The molecule has 0 aliphatic carbocycles. The molecular weight excluding hydrogens is 360 g/mol. The van der Waals surface area contributed by atoms with Crippen molar-refractivity contribution in [2.45, 2.75) is 6.92 Å². The van der Waals surface area contributed by atoms with E-state index in [0.717, 1.165) is 18.2 Å². The first-order valence-electron chi connectivity index (χ1n) is 8.54. The third-order valence-electron chi connectivity index (χ3n) is 3.75. The number of nitriles is 1. The Kier molecular flexibility index (Phi) is 8.59. The summed E-state index contributed by atoms with van der Waals surface area (Å²) in [6, 6.07) is 9.50. The summed E-state index contributed by atoms with van der Waals surface area (Å²) in [5, 5.41) is 18.1. The normalized spacial score (nSPS) is 17.3. The van der Waals surface area contributed by atoms with E-state index in [0.29, 0.717) is 11.0 Å². The number of rotatable bonds is 6. The molecule has 8 heteroatoms. The number of carbonyl (C=O) groups is 2. The maximum Gasteiger partial charge on any atom is 0.349 e. The lowest BCUT2D eigenvalue weighted by molar-refractivity contribution is -0.767. The average Bonchev–Trinajstić information content (AvgIpc) is 3.06. The summed E-state index contributed by atoms with van der Waals surface area (Å²) in [5.74, 6) is -1.68. The van der Waals surface area contributed by atoms with Gasteiger partial charge >= 0.3 is 12.3 Å². The number of esters is 1. The number of quaternary nitrogens is 1. The van der Waals surface area contributed by atoms with Gasteiger partial charge in [0.05, 0.1) is 7.05 Å². The fraction of sp³-hybridized carbons (Fsp3) is 0.300. The minimum Gasteiger partial charge on any atom is -0.550 e. The minimum absolute atomic E-state index is 0.00525. The SMILES string of the molecule is CC(=O)[O-].CN(C)c1ccc(/C=C(\C#N)C(=O)OCC[N+]2(C)C=C[NH+]=C2)cc1. The van der Waals surface area contributed by atoms with E-state index in [1.54, 1.807) is 6.08 Å². The molecule has 1 aromatic rings. The van der Waals surface area contributed by atoms with Gasteiger partial charge in [-0.3, -0.25) is 0 Å². The predicted molar refractivity (Wildman–Crippen MR) is 103 cm³/mol. The highest BCUT2D eigenvalue weighted by Gasteiger charge is 2.24. The number of hydrogen-bond donors (Lipinski definition) is 1. The van der Waals surface area contributed by atoms with Gasteiger partial charge in [0.1, 0.15) is 24.8 Å². The maximum atomic E-state index is 12.1. The first-order chi connectivity index (χ1) is 13.2. The molecule has 1 heterocycles. The van der Waals surface area contributed by atoms with E-state index in [1.807, 2.05) is 75.1 Å². The van der Waals surface area contributed by atoms with Gasteiger partial charge < -0.3 is 19.5 Å². The van der Waals surface area contributed by atoms with Crippen LogP contribution in [0.1, 0.15) is 12.5 Å². The van der Waals surface area contributed by atoms with Gasteiger partial charge in [0, 0.05) is 25.8 Å². The van der Waals surface area contributed by atoms with Crippen molar-refractivity contribution < 1.29 is 28.9 Å². The molecule has 0 saturated carbocycles. The lowest BCUT2D eigenvalue weighted by Gasteiger charge is -2.17. The van der Waals surface area contributed by atoms with Crippen LogP contribution >= 0.6 is 0 Å². The summed E-state index contributed by atoms with van der Waals surface area (Å²) in [7, 11) is 5.89. The number of hydrogen-bond acceptors (Lipinski definition) is 6. The van der Waals surface area contributed by atoms with E-state index < -0.39 is 11.9 Å². The molecule has 148 valence electrons. The van der Waals surface area contributed by atoms with Gasteiger partial charge in [-0.15, -0.1) is 0 Å². The molecule has 1 N–H and O–H groups in total. The summed E-state index contributed by atoms with van der Waals surface area (Å²) in [4.78, 5) is 25.9. The first-order valence-corrected chi connectivity index (χ1v) is 8.54. The van der Waals surface area contributed by atoms with Gasteiger partial charge in [-0.25, -0.2) is 9.28 Å². The molecule has 0 radical (unpaired) electrons. The maximum absolute atomic E-state index is 12.1. The summed E-state index contributed by atoms with van der Waals surface area (Å²) >= 11 is 0. The van der Waals surface area contributed by atoms with E-state index in [9.17, 15) is 10.1 Å². The van der Waals surface area contributed by atoms with Gasteiger partial charge in [-0.2, -0.15) is 10.3 Å². The average molecular weight is 385 g/mol. The molecule has 1 atom stereocenters. The highest BCUT2D eigenvalue weighted by atomic mass is 16.5. The van der Waals surface area contributed by atoms with Crippen LogP contribution in [0.15, 0.2) is 42.2 Å². The van der Waals surface area contributed by atoms with Crippen molar-refractivity contribution in [2.75, 3.05) is 39.2 Å². The van der Waals surface area contributed by atoms with E-state index in [-0.39, 0.29) is 12.2 Å². The van der Waals surface area contributed by atoms with Crippen LogP contribution in [0.3, 0.4) is 0 Å². The van der Waals surface area contributed by atoms with Crippen molar-refractivity contribution in [3.05, 3.63) is 47.8 Å². The molecule has 1 aromatic carbocycles. The minimum atomic E-state index is -1.08. The molecule has 0 fully saturated rings. The van der Waals surface area contributed by atoms with Crippen LogP contribution < -0.4 is 15.0 Å². The zero-order chi connectivity index (χ0) is 21.2. The smallest absolute Gasteiger partial charge is 0.349 e. The van der Waals surface area contributed by atoms with Crippen molar-refractivity contribution in [3.8, 4) is 6.07 Å². The van der Waals surface area contributed by atoms with Gasteiger partial charge in [0.15, 0.2) is 6.20 Å². The summed E-state index contributed by atoms with van der Waals surface area (Å²) in [5.41, 5.74) is 1.83. The number of carboxylic acid groups (broad SMARTS) is 1. The number of anilines is 1. The van der Waals surface area contributed by atoms with Gasteiger partial charge in [-0.1, -0.05) is 12.1 Å². The Bertz CT molecular complexity index is 802. The van der Waals surface area contributed by atoms with Crippen LogP contribution in [-0.2, 0) is 14.3 Å². The molecule has 28 heavy (non-hydrogen) atoms. The Morgan fingerprint density at radius 2 is 1.93 bits per heavy atom. The Morgan fingerprint density at radius 1 is 1.32 bits per heavy atom. The van der Waals surface area contributed by atoms with Crippen LogP contribution in [0.25, 0.3) is 6.08 Å². The Hall–Kier alpha value is -3.44. The van der Waals surface area contributed by atoms with E-state index in [4.69, 9.17) is 14.6 Å². The number of carbonyl (C=O) groups excluding carboxylic acids is 2. The monoisotopic (exact) mass is 385 g/mol. The summed E-state index contributed by atoms with van der Waals surface area (Å²) < 4.78 is 5.75. The van der Waals surface area contributed by atoms with E-state index in [2.05, 4.69) is 4.99 Å². The number of nitrogens with zero attached hydrogens (tertiary/aromatic N) is 3. The predicted octanol–water partition coefficient (Wildman–Crippen LogP) is -1.00. The second-order valence-electron chi connectivity index (χ2n) is 6.47. The van der Waals surface area contributed by atoms with Crippen molar-refractivity contribution in [1.82, 2.24) is 0 Å². The second kappa shape index (κ2) is 10.6. The zero-order valence-electron chi connectivity index (χ0n) is 16.5. The van der Waals surface area contributed by atoms with Gasteiger partial charge in [0.2, 0.25) is 6.20 Å². The second-order valence-corrected chi connectivity index (χ2v) is 6.47. The molecular formula is C20H25N4O4+. The number of nitrogens with one attached hydrogen (secondary N) is 1. The molecule has 8 nitrogen and oxygen atoms in total. The largest absolute Gasteiger partial charge is 0.550 e. The van der Waals surface area contributed by atoms with E-state index in [1.165, 1.54) is 0 Å². The number of ether oxygens (including phenoxy) is 1. The number of carboxylic acids is 1. The van der Waals surface area contributed by atoms with Crippen LogP contribution in [0.5, 0.6) is 0 Å². The van der Waals surface area contributed by atoms with Crippen molar-refractivity contribution >= 4 is 30.0 Å². The fourth-order valence-electron chi connectivity index (χ4n) is 2.19. The van der Waals surface area contributed by atoms with Gasteiger partial charge in [-0.05, 0) is 30.7 Å². The lowest BCUT2D eigenvalue weighted by Crippen LogP contribution is -2.62. The summed E-state index contributed by atoms with van der Waals surface area (Å²) in [6.07, 6.45) is 7.23. The zero-order valence-corrected chi connectivity index (χ0v) is 16.5. The fourth-order valence-corrected chi connectivity index (χ4v) is 2.19. The van der Waals surface area contributed by atoms with Crippen LogP contribution in [0, 0.1) is 11.3 Å². The van der Waals surface area contributed by atoms with Crippen LogP contribution in [-0.4, -0.2) is 57.1 Å². The molecule has 0 spiro atoms. The lowest BCUT2D eigenvalue weighted by atomic mass is 10.1. The molecule has 0 aromatic heterocycles. The third kappa shape index (κ3) is 7.85. The molecule has 2 rings (SSSR count). The van der Waals surface area contributed by atoms with Crippen LogP contribution in [0.4, 0.5) is 5.69 Å². The van der Waals surface area contributed by atoms with Crippen LogP contribution in [0.2, 0.25) is 0 Å². The quantitative estimate of drug-likeness (QED) is 0.291.